The normalized spacial score (nSPS) is 11.3. The summed E-state index contributed by atoms with van der Waals surface area (Å²) >= 11 is 0. The van der Waals surface area contributed by atoms with Gasteiger partial charge in [-0.15, -0.1) is 0 Å². The monoisotopic (exact) mass is 256 g/mol. The number of aromatic nitrogens is 2. The Bertz CT molecular complexity index is 581. The van der Waals surface area contributed by atoms with Crippen molar-refractivity contribution in [1.29, 1.82) is 0 Å². The fourth-order valence-corrected chi connectivity index (χ4v) is 1.71. The molecule has 0 aliphatic carbocycles. The quantitative estimate of drug-likeness (QED) is 0.896. The van der Waals surface area contributed by atoms with E-state index in [0.29, 0.717) is 5.82 Å². The van der Waals surface area contributed by atoms with E-state index in [4.69, 9.17) is 5.11 Å². The standard InChI is InChI=1S/C15H16N2O2/c1-15(2,3)12-6-4-10(5-7-12)13-16-8-11(9-17-13)14(18)19/h4-9H,1-3H3,(H,18,19). The number of aromatic carboxylic acids is 1. The van der Waals surface area contributed by atoms with Crippen LogP contribution in [0.3, 0.4) is 0 Å². The zero-order valence-electron chi connectivity index (χ0n) is 11.2. The van der Waals surface area contributed by atoms with E-state index in [2.05, 4.69) is 30.7 Å². The second kappa shape index (κ2) is 4.80. The van der Waals surface area contributed by atoms with Crippen LogP contribution < -0.4 is 0 Å². The van der Waals surface area contributed by atoms with Crippen molar-refractivity contribution in [1.82, 2.24) is 9.97 Å². The summed E-state index contributed by atoms with van der Waals surface area (Å²) in [7, 11) is 0. The van der Waals surface area contributed by atoms with Crippen LogP contribution in [-0.2, 0) is 5.41 Å². The van der Waals surface area contributed by atoms with E-state index >= 15 is 0 Å². The summed E-state index contributed by atoms with van der Waals surface area (Å²) in [5.41, 5.74) is 2.31. The van der Waals surface area contributed by atoms with E-state index in [1.165, 1.54) is 18.0 Å². The predicted octanol–water partition coefficient (Wildman–Crippen LogP) is 3.14. The maximum absolute atomic E-state index is 10.7. The molecule has 0 spiro atoms. The van der Waals surface area contributed by atoms with Crippen molar-refractivity contribution in [3.05, 3.63) is 47.8 Å². The Morgan fingerprint density at radius 3 is 2.00 bits per heavy atom. The topological polar surface area (TPSA) is 63.1 Å². The van der Waals surface area contributed by atoms with Crippen LogP contribution in [0.5, 0.6) is 0 Å². The lowest BCUT2D eigenvalue weighted by Gasteiger charge is -2.18. The van der Waals surface area contributed by atoms with Gasteiger partial charge in [0.15, 0.2) is 5.82 Å². The van der Waals surface area contributed by atoms with Crippen molar-refractivity contribution in [2.75, 3.05) is 0 Å². The first-order valence-electron chi connectivity index (χ1n) is 6.04. The van der Waals surface area contributed by atoms with Gasteiger partial charge in [-0.05, 0) is 11.0 Å². The Morgan fingerprint density at radius 1 is 1.05 bits per heavy atom. The molecule has 0 saturated heterocycles. The average Bonchev–Trinajstić information content (AvgIpc) is 2.38. The highest BCUT2D eigenvalue weighted by atomic mass is 16.4. The maximum atomic E-state index is 10.7. The van der Waals surface area contributed by atoms with Crippen LogP contribution in [0.4, 0.5) is 0 Å². The van der Waals surface area contributed by atoms with E-state index in [0.717, 1.165) is 5.56 Å². The fraction of sp³-hybridized carbons (Fsp3) is 0.267. The number of hydrogen-bond acceptors (Lipinski definition) is 3. The largest absolute Gasteiger partial charge is 0.478 e. The Hall–Kier alpha value is -2.23. The second-order valence-electron chi connectivity index (χ2n) is 5.43. The molecule has 0 bridgehead atoms. The van der Waals surface area contributed by atoms with Crippen LogP contribution in [0.15, 0.2) is 36.7 Å². The molecule has 0 aliphatic heterocycles. The SMILES string of the molecule is CC(C)(C)c1ccc(-c2ncc(C(=O)O)cn2)cc1. The third-order valence-corrected chi connectivity index (χ3v) is 2.91. The van der Waals surface area contributed by atoms with Crippen LogP contribution >= 0.6 is 0 Å². The minimum absolute atomic E-state index is 0.0926. The molecule has 0 radical (unpaired) electrons. The number of nitrogens with zero attached hydrogens (tertiary/aromatic N) is 2. The summed E-state index contributed by atoms with van der Waals surface area (Å²) in [4.78, 5) is 18.9. The molecule has 0 unspecified atom stereocenters. The molecule has 98 valence electrons. The molecule has 0 fully saturated rings. The minimum atomic E-state index is -1.02. The van der Waals surface area contributed by atoms with Crippen molar-refractivity contribution in [2.24, 2.45) is 0 Å². The lowest BCUT2D eigenvalue weighted by atomic mass is 9.87. The summed E-state index contributed by atoms with van der Waals surface area (Å²) in [6.45, 7) is 6.46. The van der Waals surface area contributed by atoms with Gasteiger partial charge in [0, 0.05) is 18.0 Å². The van der Waals surface area contributed by atoms with Gasteiger partial charge in [-0.25, -0.2) is 14.8 Å². The van der Waals surface area contributed by atoms with E-state index in [1.807, 2.05) is 24.3 Å². The van der Waals surface area contributed by atoms with Crippen LogP contribution in [0, 0.1) is 0 Å². The first kappa shape index (κ1) is 13.2. The van der Waals surface area contributed by atoms with Crippen LogP contribution in [0.25, 0.3) is 11.4 Å². The summed E-state index contributed by atoms with van der Waals surface area (Å²) < 4.78 is 0. The van der Waals surface area contributed by atoms with Gasteiger partial charge in [-0.1, -0.05) is 45.0 Å². The van der Waals surface area contributed by atoms with Crippen molar-refractivity contribution in [2.45, 2.75) is 26.2 Å². The van der Waals surface area contributed by atoms with E-state index in [1.54, 1.807) is 0 Å². The summed E-state index contributed by atoms with van der Waals surface area (Å²) in [6, 6.07) is 8.00. The van der Waals surface area contributed by atoms with Gasteiger partial charge in [0.05, 0.1) is 5.56 Å². The number of hydrogen-bond donors (Lipinski definition) is 1. The smallest absolute Gasteiger partial charge is 0.338 e. The Kier molecular flexibility index (Phi) is 3.34. The van der Waals surface area contributed by atoms with Gasteiger partial charge in [-0.3, -0.25) is 0 Å². The molecule has 0 saturated carbocycles. The first-order chi connectivity index (χ1) is 8.88. The van der Waals surface area contributed by atoms with Crippen molar-refractivity contribution in [3.8, 4) is 11.4 Å². The molecule has 1 aromatic carbocycles. The average molecular weight is 256 g/mol. The number of benzene rings is 1. The van der Waals surface area contributed by atoms with Gasteiger partial charge in [0.2, 0.25) is 0 Å². The molecule has 19 heavy (non-hydrogen) atoms. The van der Waals surface area contributed by atoms with Gasteiger partial charge in [0.1, 0.15) is 0 Å². The van der Waals surface area contributed by atoms with Crippen LogP contribution in [-0.4, -0.2) is 21.0 Å². The third kappa shape index (κ3) is 2.96. The molecule has 4 nitrogen and oxygen atoms in total. The molecule has 2 aromatic rings. The molecular weight excluding hydrogens is 240 g/mol. The lowest BCUT2D eigenvalue weighted by Crippen LogP contribution is -2.10. The third-order valence-electron chi connectivity index (χ3n) is 2.91. The van der Waals surface area contributed by atoms with E-state index in [-0.39, 0.29) is 11.0 Å². The molecule has 1 heterocycles. The Labute approximate surface area is 112 Å². The zero-order chi connectivity index (χ0) is 14.0. The second-order valence-corrected chi connectivity index (χ2v) is 5.43. The van der Waals surface area contributed by atoms with Crippen LogP contribution in [0.1, 0.15) is 36.7 Å². The highest BCUT2D eigenvalue weighted by molar-refractivity contribution is 5.86. The lowest BCUT2D eigenvalue weighted by molar-refractivity contribution is 0.0696. The molecular formula is C15H16N2O2. The molecule has 2 rings (SSSR count). The van der Waals surface area contributed by atoms with Crippen molar-refractivity contribution < 1.29 is 9.90 Å². The molecule has 0 aliphatic rings. The number of carboxylic acids is 1. The van der Waals surface area contributed by atoms with Gasteiger partial charge in [0.25, 0.3) is 0 Å². The fourth-order valence-electron chi connectivity index (χ4n) is 1.71. The number of carboxylic acid groups (broad SMARTS) is 1. The van der Waals surface area contributed by atoms with Gasteiger partial charge in [-0.2, -0.15) is 0 Å². The molecule has 4 heteroatoms. The zero-order valence-corrected chi connectivity index (χ0v) is 11.2. The summed E-state index contributed by atoms with van der Waals surface area (Å²) in [6.07, 6.45) is 2.64. The van der Waals surface area contributed by atoms with Crippen molar-refractivity contribution >= 4 is 5.97 Å². The van der Waals surface area contributed by atoms with Gasteiger partial charge >= 0.3 is 5.97 Å². The molecule has 0 atom stereocenters. The Morgan fingerprint density at radius 2 is 1.58 bits per heavy atom. The number of rotatable bonds is 2. The molecule has 1 N–H and O–H groups in total. The highest BCUT2D eigenvalue weighted by Gasteiger charge is 2.13. The Balaban J connectivity index is 2.30. The highest BCUT2D eigenvalue weighted by Crippen LogP contribution is 2.24. The molecule has 1 aromatic heterocycles. The van der Waals surface area contributed by atoms with E-state index < -0.39 is 5.97 Å². The summed E-state index contributed by atoms with van der Waals surface area (Å²) in [5, 5.41) is 8.79. The van der Waals surface area contributed by atoms with E-state index in [9.17, 15) is 4.79 Å². The summed E-state index contributed by atoms with van der Waals surface area (Å²) in [5.74, 6) is -0.486. The van der Waals surface area contributed by atoms with Crippen LogP contribution in [0.2, 0.25) is 0 Å². The van der Waals surface area contributed by atoms with Gasteiger partial charge < -0.3 is 5.11 Å². The molecule has 0 amide bonds. The minimum Gasteiger partial charge on any atom is -0.478 e. The first-order valence-corrected chi connectivity index (χ1v) is 6.04. The van der Waals surface area contributed by atoms with Crippen molar-refractivity contribution in [3.63, 3.8) is 0 Å². The predicted molar refractivity (Wildman–Crippen MR) is 73.1 cm³/mol. The maximum Gasteiger partial charge on any atom is 0.338 e. The number of carbonyl (C=O) groups is 1.